The van der Waals surface area contributed by atoms with E-state index in [0.717, 1.165) is 58.6 Å². The van der Waals surface area contributed by atoms with Crippen LogP contribution in [0, 0.1) is 0 Å². The molecule has 3 fully saturated rings. The van der Waals surface area contributed by atoms with Crippen LogP contribution in [0.25, 0.3) is 21.3 Å². The van der Waals surface area contributed by atoms with Gasteiger partial charge in [0.25, 0.3) is 5.91 Å². The highest BCUT2D eigenvalue weighted by Crippen LogP contribution is 2.43. The Kier molecular flexibility index (Phi) is 6.56. The van der Waals surface area contributed by atoms with Crippen LogP contribution in [-0.2, 0) is 5.60 Å². The highest BCUT2D eigenvalue weighted by atomic mass is 32.1. The molecular formula is C30H35N7O2S. The fourth-order valence-corrected chi connectivity index (χ4v) is 7.13. The van der Waals surface area contributed by atoms with Crippen molar-refractivity contribution in [2.24, 2.45) is 0 Å². The number of aromatic nitrogens is 4. The number of aromatic amines is 1. The highest BCUT2D eigenvalue weighted by molar-refractivity contribution is 7.15. The molecule has 0 bridgehead atoms. The molecular weight excluding hydrogens is 522 g/mol. The van der Waals surface area contributed by atoms with Gasteiger partial charge in [-0.1, -0.05) is 25.3 Å². The van der Waals surface area contributed by atoms with Crippen molar-refractivity contribution >= 4 is 39.8 Å². The third-order valence-corrected chi connectivity index (χ3v) is 9.76. The Hall–Kier alpha value is -3.34. The molecule has 4 N–H and O–H groups in total. The maximum atomic E-state index is 13.5. The van der Waals surface area contributed by atoms with Gasteiger partial charge in [-0.05, 0) is 62.4 Å². The number of carbonyl (C=O) groups excluding carboxylic acids is 1. The summed E-state index contributed by atoms with van der Waals surface area (Å²) in [5.41, 5.74) is 2.14. The number of H-pyrrole nitrogens is 1. The molecule has 4 heterocycles. The van der Waals surface area contributed by atoms with E-state index >= 15 is 0 Å². The molecule has 9 nitrogen and oxygen atoms in total. The summed E-state index contributed by atoms with van der Waals surface area (Å²) in [5.74, 6) is 1.82. The van der Waals surface area contributed by atoms with E-state index < -0.39 is 5.60 Å². The summed E-state index contributed by atoms with van der Waals surface area (Å²) in [6.45, 7) is 4.08. The standard InChI is InChI=1S/C30H35N7O2S/c1-18-17-37(14-13-31-18)29(38)28-32-22-8-7-20(24-9-10-25(40-24)30(39)11-3-2-4-12-30)15-21(22)27(34-28)33-26-16-23(35-36-26)19-5-6-19/h7-10,15-16,18-19,31,39H,2-6,11-14,17H2,1H3,(H2,32,33,34,35,36)/t18-/m1/s1. The third kappa shape index (κ3) is 5.00. The van der Waals surface area contributed by atoms with Crippen molar-refractivity contribution in [3.8, 4) is 10.4 Å². The van der Waals surface area contributed by atoms with Gasteiger partial charge in [0, 0.05) is 58.5 Å². The second kappa shape index (κ2) is 10.2. The number of hydrogen-bond acceptors (Lipinski definition) is 8. The molecule has 3 aromatic heterocycles. The van der Waals surface area contributed by atoms with Gasteiger partial charge in [0.1, 0.15) is 5.82 Å². The topological polar surface area (TPSA) is 119 Å². The fraction of sp³-hybridized carbons (Fsp3) is 0.467. The summed E-state index contributed by atoms with van der Waals surface area (Å²) in [6.07, 6.45) is 7.33. The number of nitrogens with zero attached hydrogens (tertiary/aromatic N) is 4. The van der Waals surface area contributed by atoms with Crippen molar-refractivity contribution in [1.82, 2.24) is 30.4 Å². The number of anilines is 2. The molecule has 40 heavy (non-hydrogen) atoms. The van der Waals surface area contributed by atoms with Crippen LogP contribution in [0.1, 0.15) is 79.0 Å². The summed E-state index contributed by atoms with van der Waals surface area (Å²) in [7, 11) is 0. The molecule has 1 amide bonds. The maximum absolute atomic E-state index is 13.5. The first-order chi connectivity index (χ1) is 19.4. The van der Waals surface area contributed by atoms with Crippen molar-refractivity contribution < 1.29 is 9.90 Å². The minimum atomic E-state index is -0.718. The molecule has 0 radical (unpaired) electrons. The lowest BCUT2D eigenvalue weighted by molar-refractivity contribution is 0.00283. The number of thiophene rings is 1. The third-order valence-electron chi connectivity index (χ3n) is 8.43. The van der Waals surface area contributed by atoms with Crippen molar-refractivity contribution in [3.05, 3.63) is 52.8 Å². The fourth-order valence-electron chi connectivity index (χ4n) is 5.98. The lowest BCUT2D eigenvalue weighted by Crippen LogP contribution is -2.51. The van der Waals surface area contributed by atoms with Gasteiger partial charge in [-0.2, -0.15) is 5.10 Å². The second-order valence-electron chi connectivity index (χ2n) is 11.6. The monoisotopic (exact) mass is 557 g/mol. The molecule has 3 aliphatic rings. The van der Waals surface area contributed by atoms with E-state index in [2.05, 4.69) is 46.0 Å². The first kappa shape index (κ1) is 25.6. The number of amides is 1. The number of carbonyl (C=O) groups is 1. The summed E-state index contributed by atoms with van der Waals surface area (Å²) >= 11 is 1.65. The molecule has 4 aromatic rings. The number of piperazine rings is 1. The molecule has 1 aliphatic heterocycles. The van der Waals surface area contributed by atoms with Crippen LogP contribution in [0.15, 0.2) is 36.4 Å². The van der Waals surface area contributed by atoms with Crippen LogP contribution in [0.5, 0.6) is 0 Å². The largest absolute Gasteiger partial charge is 0.384 e. The Morgan fingerprint density at radius 3 is 2.77 bits per heavy atom. The lowest BCUT2D eigenvalue weighted by atomic mass is 9.84. The molecule has 10 heteroatoms. The predicted octanol–water partition coefficient (Wildman–Crippen LogP) is 5.29. The summed E-state index contributed by atoms with van der Waals surface area (Å²) < 4.78 is 0. The number of rotatable bonds is 6. The number of nitrogens with one attached hydrogen (secondary N) is 3. The van der Waals surface area contributed by atoms with Gasteiger partial charge < -0.3 is 20.6 Å². The number of aliphatic hydroxyl groups is 1. The number of fused-ring (bicyclic) bond motifs is 1. The van der Waals surface area contributed by atoms with Gasteiger partial charge in [0.05, 0.1) is 11.1 Å². The smallest absolute Gasteiger partial charge is 0.291 e. The molecule has 1 atom stereocenters. The first-order valence-electron chi connectivity index (χ1n) is 14.4. The molecule has 2 aliphatic carbocycles. The van der Waals surface area contributed by atoms with Gasteiger partial charge in [0.2, 0.25) is 5.82 Å². The van der Waals surface area contributed by atoms with Crippen molar-refractivity contribution in [3.63, 3.8) is 0 Å². The number of benzene rings is 1. The Bertz CT molecular complexity index is 1550. The van der Waals surface area contributed by atoms with Gasteiger partial charge in [-0.3, -0.25) is 9.89 Å². The van der Waals surface area contributed by atoms with E-state index in [1.165, 1.54) is 19.3 Å². The minimum Gasteiger partial charge on any atom is -0.384 e. The zero-order chi connectivity index (χ0) is 27.3. The zero-order valence-corrected chi connectivity index (χ0v) is 23.6. The Labute approximate surface area is 237 Å². The van der Waals surface area contributed by atoms with Crippen molar-refractivity contribution in [2.45, 2.75) is 69.4 Å². The first-order valence-corrected chi connectivity index (χ1v) is 15.3. The molecule has 7 rings (SSSR count). The zero-order valence-electron chi connectivity index (χ0n) is 22.7. The van der Waals surface area contributed by atoms with E-state index in [1.807, 2.05) is 23.1 Å². The van der Waals surface area contributed by atoms with Gasteiger partial charge >= 0.3 is 0 Å². The van der Waals surface area contributed by atoms with Crippen molar-refractivity contribution in [1.29, 1.82) is 0 Å². The van der Waals surface area contributed by atoms with Gasteiger partial charge in [0.15, 0.2) is 5.82 Å². The Balaban J connectivity index is 1.26. The average Bonchev–Trinajstić information content (AvgIpc) is 3.49. The van der Waals surface area contributed by atoms with Gasteiger partial charge in [-0.25, -0.2) is 9.97 Å². The second-order valence-corrected chi connectivity index (χ2v) is 12.7. The van der Waals surface area contributed by atoms with E-state index in [0.29, 0.717) is 36.2 Å². The van der Waals surface area contributed by atoms with Crippen LogP contribution < -0.4 is 10.6 Å². The Morgan fingerprint density at radius 1 is 1.12 bits per heavy atom. The van der Waals surface area contributed by atoms with Crippen LogP contribution in [-0.4, -0.2) is 61.8 Å². The van der Waals surface area contributed by atoms with E-state index in [-0.39, 0.29) is 17.8 Å². The van der Waals surface area contributed by atoms with Gasteiger partial charge in [-0.15, -0.1) is 11.3 Å². The summed E-state index contributed by atoms with van der Waals surface area (Å²) in [6, 6.07) is 12.5. The number of hydrogen-bond donors (Lipinski definition) is 4. The Morgan fingerprint density at radius 2 is 1.98 bits per heavy atom. The maximum Gasteiger partial charge on any atom is 0.291 e. The van der Waals surface area contributed by atoms with E-state index in [9.17, 15) is 9.90 Å². The lowest BCUT2D eigenvalue weighted by Gasteiger charge is -2.31. The van der Waals surface area contributed by atoms with Crippen LogP contribution in [0.2, 0.25) is 0 Å². The normalized spacial score (nSPS) is 21.1. The molecule has 2 saturated carbocycles. The van der Waals surface area contributed by atoms with Crippen LogP contribution in [0.4, 0.5) is 11.6 Å². The average molecular weight is 558 g/mol. The molecule has 208 valence electrons. The molecule has 1 saturated heterocycles. The summed E-state index contributed by atoms with van der Waals surface area (Å²) in [5, 5.41) is 26.5. The molecule has 1 aromatic carbocycles. The van der Waals surface area contributed by atoms with E-state index in [1.54, 1.807) is 11.3 Å². The minimum absolute atomic E-state index is 0.160. The molecule has 0 spiro atoms. The van der Waals surface area contributed by atoms with Crippen LogP contribution in [0.3, 0.4) is 0 Å². The van der Waals surface area contributed by atoms with Crippen molar-refractivity contribution in [2.75, 3.05) is 25.0 Å². The quantitative estimate of drug-likeness (QED) is 0.254. The predicted molar refractivity (Wildman–Crippen MR) is 157 cm³/mol. The van der Waals surface area contributed by atoms with Crippen LogP contribution >= 0.6 is 11.3 Å². The molecule has 0 unspecified atom stereocenters. The van der Waals surface area contributed by atoms with E-state index in [4.69, 9.17) is 9.97 Å². The SMILES string of the molecule is C[C@@H]1CN(C(=O)c2nc(Nc3cc(C4CC4)[nH]n3)c3cc(-c4ccc(C5(O)CCCCC5)s4)ccc3n2)CCN1. The summed E-state index contributed by atoms with van der Waals surface area (Å²) in [4.78, 5) is 26.9. The highest BCUT2D eigenvalue weighted by Gasteiger charge is 2.33.